The third kappa shape index (κ3) is 3.23. The maximum Gasteiger partial charge on any atom is 0.303 e. The highest BCUT2D eigenvalue weighted by molar-refractivity contribution is 6.31. The standard InChI is InChI=1S/C11H12ClFO4/c1-17-11-6(3-2-4-9(15)16)10(12)7(13)5-8(11)14/h5,14H,2-4H2,1H3,(H,15,16). The van der Waals surface area contributed by atoms with Gasteiger partial charge in [0.1, 0.15) is 5.82 Å². The number of carbonyl (C=O) groups is 1. The van der Waals surface area contributed by atoms with Crippen LogP contribution in [-0.4, -0.2) is 23.3 Å². The summed E-state index contributed by atoms with van der Waals surface area (Å²) in [6.45, 7) is 0. The summed E-state index contributed by atoms with van der Waals surface area (Å²) >= 11 is 5.75. The van der Waals surface area contributed by atoms with Crippen LogP contribution < -0.4 is 4.74 Å². The smallest absolute Gasteiger partial charge is 0.303 e. The van der Waals surface area contributed by atoms with Gasteiger partial charge in [-0.1, -0.05) is 11.6 Å². The number of aromatic hydroxyl groups is 1. The first-order valence-corrected chi connectivity index (χ1v) is 5.30. The van der Waals surface area contributed by atoms with E-state index in [0.29, 0.717) is 0 Å². The summed E-state index contributed by atoms with van der Waals surface area (Å²) < 4.78 is 18.2. The molecular weight excluding hydrogens is 251 g/mol. The van der Waals surface area contributed by atoms with Crippen LogP contribution in [0.1, 0.15) is 18.4 Å². The Morgan fingerprint density at radius 2 is 2.24 bits per heavy atom. The summed E-state index contributed by atoms with van der Waals surface area (Å²) in [6.07, 6.45) is 0.449. The molecule has 0 aliphatic carbocycles. The van der Waals surface area contributed by atoms with Crippen molar-refractivity contribution in [2.45, 2.75) is 19.3 Å². The van der Waals surface area contributed by atoms with E-state index in [1.54, 1.807) is 0 Å². The predicted octanol–water partition coefficient (Wildman–Crippen LogP) is 2.60. The SMILES string of the molecule is COc1c(O)cc(F)c(Cl)c1CCCC(=O)O. The van der Waals surface area contributed by atoms with Crippen molar-refractivity contribution in [3.05, 3.63) is 22.5 Å². The molecule has 1 aromatic carbocycles. The van der Waals surface area contributed by atoms with Gasteiger partial charge < -0.3 is 14.9 Å². The summed E-state index contributed by atoms with van der Waals surface area (Å²) in [5.41, 5.74) is 0.285. The number of hydrogen-bond acceptors (Lipinski definition) is 3. The molecule has 1 rings (SSSR count). The van der Waals surface area contributed by atoms with Crippen LogP contribution in [0.3, 0.4) is 0 Å². The second kappa shape index (κ2) is 5.72. The van der Waals surface area contributed by atoms with Crippen LogP contribution in [0.25, 0.3) is 0 Å². The number of hydrogen-bond donors (Lipinski definition) is 2. The largest absolute Gasteiger partial charge is 0.504 e. The Bertz CT molecular complexity index is 434. The quantitative estimate of drug-likeness (QED) is 0.856. The minimum atomic E-state index is -0.944. The van der Waals surface area contributed by atoms with E-state index in [9.17, 15) is 14.3 Å². The molecule has 0 aliphatic heterocycles. The van der Waals surface area contributed by atoms with Gasteiger partial charge in [-0.15, -0.1) is 0 Å². The Labute approximate surface area is 103 Å². The van der Waals surface area contributed by atoms with Crippen molar-refractivity contribution in [2.75, 3.05) is 7.11 Å². The number of aliphatic carboxylic acids is 1. The maximum atomic E-state index is 13.3. The lowest BCUT2D eigenvalue weighted by atomic mass is 10.1. The molecule has 0 aromatic heterocycles. The highest BCUT2D eigenvalue weighted by Crippen LogP contribution is 2.38. The average Bonchev–Trinajstić information content (AvgIpc) is 2.24. The third-order valence-electron chi connectivity index (χ3n) is 2.27. The van der Waals surface area contributed by atoms with Gasteiger partial charge in [0.25, 0.3) is 0 Å². The van der Waals surface area contributed by atoms with Crippen molar-refractivity contribution in [1.29, 1.82) is 0 Å². The van der Waals surface area contributed by atoms with Gasteiger partial charge in [0.05, 0.1) is 12.1 Å². The number of ether oxygens (including phenoxy) is 1. The van der Waals surface area contributed by atoms with Crippen LogP contribution in [-0.2, 0) is 11.2 Å². The molecule has 0 aliphatic rings. The molecule has 0 heterocycles. The Morgan fingerprint density at radius 1 is 1.59 bits per heavy atom. The van der Waals surface area contributed by atoms with Gasteiger partial charge in [-0.05, 0) is 12.8 Å². The predicted molar refractivity (Wildman–Crippen MR) is 60.2 cm³/mol. The van der Waals surface area contributed by atoms with E-state index in [0.717, 1.165) is 6.07 Å². The Hall–Kier alpha value is -1.49. The van der Waals surface area contributed by atoms with Gasteiger partial charge in [-0.25, -0.2) is 4.39 Å². The summed E-state index contributed by atoms with van der Waals surface area (Å²) in [4.78, 5) is 10.4. The number of halogens is 2. The number of phenols is 1. The molecule has 4 nitrogen and oxygen atoms in total. The topological polar surface area (TPSA) is 66.8 Å². The Balaban J connectivity index is 2.99. The van der Waals surface area contributed by atoms with Crippen LogP contribution in [0, 0.1) is 5.82 Å². The first kappa shape index (κ1) is 13.6. The molecule has 17 heavy (non-hydrogen) atoms. The van der Waals surface area contributed by atoms with E-state index in [1.165, 1.54) is 7.11 Å². The molecule has 0 amide bonds. The van der Waals surface area contributed by atoms with E-state index < -0.39 is 11.8 Å². The van der Waals surface area contributed by atoms with Crippen LogP contribution in [0.2, 0.25) is 5.02 Å². The molecule has 0 saturated carbocycles. The van der Waals surface area contributed by atoms with Crippen LogP contribution >= 0.6 is 11.6 Å². The fraction of sp³-hybridized carbons (Fsp3) is 0.364. The summed E-state index contributed by atoms with van der Waals surface area (Å²) in [6, 6.07) is 0.863. The first-order chi connectivity index (χ1) is 7.97. The van der Waals surface area contributed by atoms with Crippen molar-refractivity contribution in [1.82, 2.24) is 0 Å². The molecule has 6 heteroatoms. The fourth-order valence-electron chi connectivity index (χ4n) is 1.51. The summed E-state index contributed by atoms with van der Waals surface area (Å²) in [5.74, 6) is -1.96. The second-order valence-electron chi connectivity index (χ2n) is 3.45. The van der Waals surface area contributed by atoms with Crippen LogP contribution in [0.4, 0.5) is 4.39 Å². The highest BCUT2D eigenvalue weighted by Gasteiger charge is 2.17. The number of rotatable bonds is 5. The minimum Gasteiger partial charge on any atom is -0.504 e. The lowest BCUT2D eigenvalue weighted by molar-refractivity contribution is -0.137. The van der Waals surface area contributed by atoms with Crippen LogP contribution in [0.15, 0.2) is 6.07 Å². The molecule has 0 radical (unpaired) electrons. The third-order valence-corrected chi connectivity index (χ3v) is 2.68. The fourth-order valence-corrected chi connectivity index (χ4v) is 1.75. The van der Waals surface area contributed by atoms with Gasteiger partial charge in [0.15, 0.2) is 11.5 Å². The average molecular weight is 263 g/mol. The van der Waals surface area contributed by atoms with Crippen LogP contribution in [0.5, 0.6) is 11.5 Å². The summed E-state index contributed by atoms with van der Waals surface area (Å²) in [7, 11) is 1.32. The molecule has 0 atom stereocenters. The Morgan fingerprint density at radius 3 is 2.76 bits per heavy atom. The van der Waals surface area contributed by atoms with Gasteiger partial charge in [0.2, 0.25) is 0 Å². The number of methoxy groups -OCH3 is 1. The highest BCUT2D eigenvalue weighted by atomic mass is 35.5. The maximum absolute atomic E-state index is 13.3. The van der Waals surface area contributed by atoms with Crippen molar-refractivity contribution in [3.8, 4) is 11.5 Å². The zero-order valence-electron chi connectivity index (χ0n) is 9.17. The second-order valence-corrected chi connectivity index (χ2v) is 3.83. The number of benzene rings is 1. The van der Waals surface area contributed by atoms with Crippen molar-refractivity contribution in [2.24, 2.45) is 0 Å². The van der Waals surface area contributed by atoms with E-state index in [1.807, 2.05) is 0 Å². The molecule has 1 aromatic rings. The zero-order chi connectivity index (χ0) is 13.0. The van der Waals surface area contributed by atoms with E-state index in [-0.39, 0.29) is 41.3 Å². The monoisotopic (exact) mass is 262 g/mol. The normalized spacial score (nSPS) is 10.3. The number of carboxylic acids is 1. The molecule has 2 N–H and O–H groups in total. The summed E-state index contributed by atoms with van der Waals surface area (Å²) in [5, 5.41) is 17.8. The molecular formula is C11H12ClFO4. The van der Waals surface area contributed by atoms with Gasteiger partial charge in [0, 0.05) is 18.1 Å². The molecule has 0 bridgehead atoms. The van der Waals surface area contributed by atoms with Crippen molar-refractivity contribution >= 4 is 17.6 Å². The molecule has 94 valence electrons. The number of carboxylic acid groups (broad SMARTS) is 1. The van der Waals surface area contributed by atoms with Gasteiger partial charge in [-0.3, -0.25) is 4.79 Å². The molecule has 0 fully saturated rings. The van der Waals surface area contributed by atoms with E-state index in [4.69, 9.17) is 21.4 Å². The lowest BCUT2D eigenvalue weighted by Crippen LogP contribution is -2.00. The van der Waals surface area contributed by atoms with E-state index >= 15 is 0 Å². The van der Waals surface area contributed by atoms with Crippen molar-refractivity contribution in [3.63, 3.8) is 0 Å². The Kier molecular flexibility index (Phi) is 4.57. The lowest BCUT2D eigenvalue weighted by Gasteiger charge is -2.12. The molecule has 0 unspecified atom stereocenters. The van der Waals surface area contributed by atoms with Gasteiger partial charge >= 0.3 is 5.97 Å². The molecule has 0 saturated heterocycles. The number of phenolic OH excluding ortho intramolecular Hbond substituents is 1. The first-order valence-electron chi connectivity index (χ1n) is 4.93. The van der Waals surface area contributed by atoms with E-state index in [2.05, 4.69) is 0 Å². The zero-order valence-corrected chi connectivity index (χ0v) is 9.92. The minimum absolute atomic E-state index is 0.0588. The molecule has 0 spiro atoms. The van der Waals surface area contributed by atoms with Crippen molar-refractivity contribution < 1.29 is 24.1 Å². The van der Waals surface area contributed by atoms with Gasteiger partial charge in [-0.2, -0.15) is 0 Å².